The van der Waals surface area contributed by atoms with Gasteiger partial charge in [-0.1, -0.05) is 269 Å². The summed E-state index contributed by atoms with van der Waals surface area (Å²) in [7, 11) is 0. The smallest absolute Gasteiger partial charge is 0.222 e. The van der Waals surface area contributed by atoms with Gasteiger partial charge in [-0.3, -0.25) is 4.79 Å². The molecule has 344 valence electrons. The van der Waals surface area contributed by atoms with Gasteiger partial charge in [0.05, 0.1) is 31.3 Å². The van der Waals surface area contributed by atoms with E-state index in [9.17, 15) is 20.1 Å². The number of carbonyl (C=O) groups is 1. The van der Waals surface area contributed by atoms with Crippen LogP contribution in [0.4, 0.5) is 0 Å². The standard InChI is InChI=1S/C53H103NO4/c1-3-5-7-9-11-13-15-17-18-19-20-21-22-23-24-25-26-27-28-29-30-31-32-33-35-36-38-40-42-44-46-50(56)48-53(58)54-51(49-55)52(57)47-45-43-41-39-37-34-16-14-12-10-8-6-4-2/h37,39,45,47,50-52,55-57H,3-36,38,40-44,46,48-49H2,1-2H3,(H,54,58)/b39-37+,47-45+. The number of hydrogen-bond acceptors (Lipinski definition) is 4. The number of nitrogens with one attached hydrogen (secondary N) is 1. The van der Waals surface area contributed by atoms with Gasteiger partial charge in [-0.25, -0.2) is 0 Å². The molecule has 0 spiro atoms. The number of rotatable bonds is 48. The summed E-state index contributed by atoms with van der Waals surface area (Å²) in [6.07, 6.45) is 60.8. The van der Waals surface area contributed by atoms with Gasteiger partial charge >= 0.3 is 0 Å². The maximum Gasteiger partial charge on any atom is 0.222 e. The molecule has 58 heavy (non-hydrogen) atoms. The average Bonchev–Trinajstić information content (AvgIpc) is 3.22. The molecule has 0 rings (SSSR count). The molecule has 0 fully saturated rings. The molecule has 0 saturated carbocycles. The first-order valence-corrected chi connectivity index (χ1v) is 26.1. The largest absolute Gasteiger partial charge is 0.394 e. The predicted octanol–water partition coefficient (Wildman–Crippen LogP) is 15.7. The molecule has 0 aromatic rings. The Kier molecular flexibility index (Phi) is 47.5. The van der Waals surface area contributed by atoms with Gasteiger partial charge in [0.2, 0.25) is 5.91 Å². The minimum absolute atomic E-state index is 0.00995. The molecule has 0 aromatic carbocycles. The van der Waals surface area contributed by atoms with Gasteiger partial charge in [0.15, 0.2) is 0 Å². The highest BCUT2D eigenvalue weighted by molar-refractivity contribution is 5.76. The maximum atomic E-state index is 12.5. The van der Waals surface area contributed by atoms with Gasteiger partial charge in [0.1, 0.15) is 0 Å². The summed E-state index contributed by atoms with van der Waals surface area (Å²) in [5.41, 5.74) is 0. The maximum absolute atomic E-state index is 12.5. The molecule has 1 amide bonds. The molecule has 3 unspecified atom stereocenters. The van der Waals surface area contributed by atoms with Gasteiger partial charge in [-0.05, 0) is 32.1 Å². The zero-order chi connectivity index (χ0) is 42.3. The SMILES string of the molecule is CCCCCCCCC/C=C/CC/C=C/C(O)C(CO)NC(=O)CC(O)CCCCCCCCCCCCCCCCCCCCCCCCCCCCCCCC. The predicted molar refractivity (Wildman–Crippen MR) is 255 cm³/mol. The van der Waals surface area contributed by atoms with Crippen LogP contribution in [0.25, 0.3) is 0 Å². The van der Waals surface area contributed by atoms with E-state index in [0.29, 0.717) is 6.42 Å². The first kappa shape index (κ1) is 56.8. The molecule has 4 N–H and O–H groups in total. The molecule has 5 heteroatoms. The van der Waals surface area contributed by atoms with Crippen LogP contribution in [0.5, 0.6) is 0 Å². The molecule has 0 bridgehead atoms. The number of aliphatic hydroxyl groups is 3. The third-order valence-corrected chi connectivity index (χ3v) is 12.2. The van der Waals surface area contributed by atoms with E-state index in [-0.39, 0.29) is 18.9 Å². The van der Waals surface area contributed by atoms with E-state index in [0.717, 1.165) is 32.1 Å². The molecule has 0 aliphatic rings. The topological polar surface area (TPSA) is 89.8 Å². The number of aliphatic hydroxyl groups excluding tert-OH is 3. The highest BCUT2D eigenvalue weighted by Crippen LogP contribution is 2.17. The van der Waals surface area contributed by atoms with Crippen molar-refractivity contribution in [3.63, 3.8) is 0 Å². The Morgan fingerprint density at radius 2 is 0.741 bits per heavy atom. The Labute approximate surface area is 362 Å². The monoisotopic (exact) mass is 818 g/mol. The Morgan fingerprint density at radius 3 is 1.10 bits per heavy atom. The second kappa shape index (κ2) is 48.5. The Hall–Kier alpha value is -1.17. The molecule has 0 aliphatic heterocycles. The molecular weight excluding hydrogens is 715 g/mol. The molecule has 0 saturated heterocycles. The second-order valence-electron chi connectivity index (χ2n) is 18.1. The summed E-state index contributed by atoms with van der Waals surface area (Å²) < 4.78 is 0. The van der Waals surface area contributed by atoms with Crippen LogP contribution in [0.2, 0.25) is 0 Å². The van der Waals surface area contributed by atoms with Crippen LogP contribution >= 0.6 is 0 Å². The lowest BCUT2D eigenvalue weighted by atomic mass is 10.0. The van der Waals surface area contributed by atoms with Gasteiger partial charge in [-0.15, -0.1) is 0 Å². The van der Waals surface area contributed by atoms with E-state index in [1.165, 1.54) is 225 Å². The summed E-state index contributed by atoms with van der Waals surface area (Å²) in [4.78, 5) is 12.5. The fourth-order valence-electron chi connectivity index (χ4n) is 8.24. The normalized spacial score (nSPS) is 13.5. The molecule has 0 aromatic heterocycles. The van der Waals surface area contributed by atoms with Gasteiger partial charge in [0.25, 0.3) is 0 Å². The summed E-state index contributed by atoms with van der Waals surface area (Å²) in [5.74, 6) is -0.321. The average molecular weight is 818 g/mol. The quantitative estimate of drug-likeness (QED) is 0.0364. The van der Waals surface area contributed by atoms with Crippen molar-refractivity contribution in [2.75, 3.05) is 6.61 Å². The minimum Gasteiger partial charge on any atom is -0.394 e. The summed E-state index contributed by atoms with van der Waals surface area (Å²) in [6.45, 7) is 4.21. The third kappa shape index (κ3) is 44.4. The molecular formula is C53H103NO4. The number of allylic oxidation sites excluding steroid dienone is 3. The van der Waals surface area contributed by atoms with Crippen molar-refractivity contribution >= 4 is 5.91 Å². The Balaban J connectivity index is 3.50. The highest BCUT2D eigenvalue weighted by atomic mass is 16.3. The van der Waals surface area contributed by atoms with Crippen molar-refractivity contribution in [1.82, 2.24) is 5.32 Å². The third-order valence-electron chi connectivity index (χ3n) is 12.2. The van der Waals surface area contributed by atoms with E-state index >= 15 is 0 Å². The molecule has 5 nitrogen and oxygen atoms in total. The zero-order valence-electron chi connectivity index (χ0n) is 39.2. The Morgan fingerprint density at radius 1 is 0.431 bits per heavy atom. The van der Waals surface area contributed by atoms with Gasteiger partial charge in [0, 0.05) is 0 Å². The van der Waals surface area contributed by atoms with Crippen molar-refractivity contribution < 1.29 is 20.1 Å². The van der Waals surface area contributed by atoms with Crippen LogP contribution in [0.3, 0.4) is 0 Å². The molecule has 0 heterocycles. The lowest BCUT2D eigenvalue weighted by Crippen LogP contribution is -2.45. The van der Waals surface area contributed by atoms with E-state index in [1.54, 1.807) is 6.08 Å². The van der Waals surface area contributed by atoms with E-state index in [2.05, 4.69) is 31.3 Å². The lowest BCUT2D eigenvalue weighted by molar-refractivity contribution is -0.124. The van der Waals surface area contributed by atoms with Crippen LogP contribution < -0.4 is 5.32 Å². The minimum atomic E-state index is -0.948. The van der Waals surface area contributed by atoms with E-state index < -0.39 is 18.2 Å². The molecule has 0 aliphatic carbocycles. The van der Waals surface area contributed by atoms with Crippen molar-refractivity contribution in [3.05, 3.63) is 24.3 Å². The number of carbonyl (C=O) groups excluding carboxylic acids is 1. The van der Waals surface area contributed by atoms with Crippen LogP contribution in [-0.4, -0.2) is 46.1 Å². The molecule has 0 radical (unpaired) electrons. The number of amides is 1. The van der Waals surface area contributed by atoms with Crippen molar-refractivity contribution in [2.45, 2.75) is 302 Å². The van der Waals surface area contributed by atoms with Gasteiger partial charge in [-0.2, -0.15) is 0 Å². The van der Waals surface area contributed by atoms with Crippen LogP contribution in [0.15, 0.2) is 24.3 Å². The first-order chi connectivity index (χ1) is 28.5. The number of unbranched alkanes of at least 4 members (excludes halogenated alkanes) is 37. The second-order valence-corrected chi connectivity index (χ2v) is 18.1. The molecule has 3 atom stereocenters. The first-order valence-electron chi connectivity index (χ1n) is 26.1. The lowest BCUT2D eigenvalue weighted by Gasteiger charge is -2.21. The van der Waals surface area contributed by atoms with Crippen molar-refractivity contribution in [2.24, 2.45) is 0 Å². The summed E-state index contributed by atoms with van der Waals surface area (Å²) in [5, 5.41) is 33.3. The van der Waals surface area contributed by atoms with Gasteiger partial charge < -0.3 is 20.6 Å². The van der Waals surface area contributed by atoms with Crippen LogP contribution in [0, 0.1) is 0 Å². The summed E-state index contributed by atoms with van der Waals surface area (Å²) >= 11 is 0. The summed E-state index contributed by atoms with van der Waals surface area (Å²) in [6, 6.07) is -0.757. The fourth-order valence-corrected chi connectivity index (χ4v) is 8.24. The van der Waals surface area contributed by atoms with Crippen molar-refractivity contribution in [3.8, 4) is 0 Å². The van der Waals surface area contributed by atoms with E-state index in [1.807, 2.05) is 6.08 Å². The number of hydrogen-bond donors (Lipinski definition) is 4. The highest BCUT2D eigenvalue weighted by Gasteiger charge is 2.20. The Bertz CT molecular complexity index is 859. The van der Waals surface area contributed by atoms with E-state index in [4.69, 9.17) is 0 Å². The zero-order valence-corrected chi connectivity index (χ0v) is 39.2. The van der Waals surface area contributed by atoms with Crippen LogP contribution in [0.1, 0.15) is 284 Å². The van der Waals surface area contributed by atoms with Crippen LogP contribution in [-0.2, 0) is 4.79 Å². The fraction of sp³-hybridized carbons (Fsp3) is 0.906. The van der Waals surface area contributed by atoms with Crippen molar-refractivity contribution in [1.29, 1.82) is 0 Å².